The molecule has 1 radical (unpaired) electrons. The van der Waals surface area contributed by atoms with Gasteiger partial charge in [0.05, 0.1) is 12.4 Å². The summed E-state index contributed by atoms with van der Waals surface area (Å²) in [6.45, 7) is 2.28. The predicted octanol–water partition coefficient (Wildman–Crippen LogP) is 4.13. The Morgan fingerprint density at radius 1 is 0.833 bits per heavy atom. The molecule has 0 bridgehead atoms. The molecule has 0 spiro atoms. The Kier molecular flexibility index (Phi) is 20.2. The van der Waals surface area contributed by atoms with Crippen LogP contribution in [0.1, 0.15) is 90.4 Å². The van der Waals surface area contributed by atoms with Gasteiger partial charge in [-0.05, 0) is 12.8 Å². The van der Waals surface area contributed by atoms with E-state index in [-0.39, 0.29) is 54.3 Å². The van der Waals surface area contributed by atoms with Gasteiger partial charge in [0.25, 0.3) is 10.1 Å². The Morgan fingerprint density at radius 3 is 1.75 bits per heavy atom. The second kappa shape index (κ2) is 18.2. The molecule has 5 nitrogen and oxygen atoms in total. The van der Waals surface area contributed by atoms with Gasteiger partial charge in [0, 0.05) is 36.0 Å². The summed E-state index contributed by atoms with van der Waals surface area (Å²) in [6.07, 6.45) is 14.1. The number of unbranched alkanes of at least 4 members (excludes halogenated alkanes) is 10. The van der Waals surface area contributed by atoms with Gasteiger partial charge in [-0.1, -0.05) is 71.1 Å². The van der Waals surface area contributed by atoms with Crippen LogP contribution in [0.25, 0.3) is 0 Å². The van der Waals surface area contributed by atoms with Crippen molar-refractivity contribution in [3.8, 4) is 0 Å². The molecule has 0 saturated heterocycles. The Morgan fingerprint density at radius 2 is 1.29 bits per heavy atom. The molecule has 0 aromatic carbocycles. The molecule has 0 fully saturated rings. The largest absolute Gasteiger partial charge is 0.466 e. The maximum Gasteiger partial charge on any atom is 0.305 e. The Balaban J connectivity index is 0. The fraction of sp³-hybridized carbons (Fsp3) is 0.941. The monoisotopic (exact) mass is 373 g/mol. The zero-order valence-corrected chi connectivity index (χ0v) is 18.4. The van der Waals surface area contributed by atoms with E-state index in [1.54, 1.807) is 0 Å². The van der Waals surface area contributed by atoms with E-state index in [4.69, 9.17) is 9.29 Å². The average Bonchev–Trinajstić information content (AvgIpc) is 2.48. The summed E-state index contributed by atoms with van der Waals surface area (Å²) in [6, 6.07) is 0. The zero-order valence-electron chi connectivity index (χ0n) is 15.6. The normalized spacial score (nSPS) is 11.1. The first-order valence-electron chi connectivity index (χ1n) is 9.06. The summed E-state index contributed by atoms with van der Waals surface area (Å²) < 4.78 is 34.4. The summed E-state index contributed by atoms with van der Waals surface area (Å²) in [7, 11) is -3.95. The molecule has 0 unspecified atom stereocenters. The molecular formula is C17H34NaO5S. The number of hydrogen-bond donors (Lipinski definition) is 1. The van der Waals surface area contributed by atoms with E-state index < -0.39 is 10.1 Å². The summed E-state index contributed by atoms with van der Waals surface area (Å²) in [5.41, 5.74) is 0. The topological polar surface area (TPSA) is 80.7 Å². The summed E-state index contributed by atoms with van der Waals surface area (Å²) >= 11 is 0. The van der Waals surface area contributed by atoms with E-state index in [0.717, 1.165) is 19.3 Å². The second-order valence-electron chi connectivity index (χ2n) is 6.15. The van der Waals surface area contributed by atoms with Gasteiger partial charge in [0.15, 0.2) is 0 Å². The fourth-order valence-electron chi connectivity index (χ4n) is 2.43. The molecule has 0 atom stereocenters. The van der Waals surface area contributed by atoms with Crippen LogP contribution in [0.2, 0.25) is 0 Å². The van der Waals surface area contributed by atoms with Gasteiger partial charge in [-0.2, -0.15) is 8.42 Å². The van der Waals surface area contributed by atoms with Crippen molar-refractivity contribution in [2.75, 3.05) is 12.4 Å². The first-order chi connectivity index (χ1) is 11.0. The molecule has 139 valence electrons. The van der Waals surface area contributed by atoms with Gasteiger partial charge in [-0.3, -0.25) is 9.35 Å². The van der Waals surface area contributed by atoms with Crippen LogP contribution >= 0.6 is 0 Å². The minimum atomic E-state index is -3.95. The number of esters is 1. The van der Waals surface area contributed by atoms with Crippen LogP contribution in [-0.4, -0.2) is 60.9 Å². The molecule has 0 amide bonds. The molecule has 0 rings (SSSR count). The Labute approximate surface area is 170 Å². The number of ether oxygens (including phenoxy) is 1. The van der Waals surface area contributed by atoms with Crippen molar-refractivity contribution in [2.45, 2.75) is 90.4 Å². The first-order valence-corrected chi connectivity index (χ1v) is 10.7. The smallest absolute Gasteiger partial charge is 0.305 e. The molecule has 0 aliphatic rings. The van der Waals surface area contributed by atoms with Crippen LogP contribution in [0.3, 0.4) is 0 Å². The van der Waals surface area contributed by atoms with Crippen LogP contribution in [0.15, 0.2) is 0 Å². The Hall–Kier alpha value is 0.380. The third-order valence-electron chi connectivity index (χ3n) is 3.79. The standard InChI is InChI=1S/C17H34O5S.Na/c1-2-3-4-5-6-7-8-9-10-11-12-14-17(18)22-15-13-16-23(19,20)21;/h2-16H2,1H3,(H,19,20,21);. The fourth-order valence-corrected chi connectivity index (χ4v) is 2.92. The van der Waals surface area contributed by atoms with Crippen LogP contribution in [-0.2, 0) is 19.6 Å². The first kappa shape index (κ1) is 26.6. The number of carbonyl (C=O) groups excluding carboxylic acids is 1. The van der Waals surface area contributed by atoms with Crippen molar-refractivity contribution < 1.29 is 22.5 Å². The molecule has 0 aliphatic heterocycles. The number of hydrogen-bond acceptors (Lipinski definition) is 4. The second-order valence-corrected chi connectivity index (χ2v) is 7.72. The SMILES string of the molecule is CCCCCCCCCCCCCC(=O)OCCCS(=O)(=O)O.[Na]. The molecule has 0 saturated carbocycles. The molecule has 0 aliphatic carbocycles. The molecular weight excluding hydrogens is 339 g/mol. The maximum absolute atomic E-state index is 11.4. The summed E-state index contributed by atoms with van der Waals surface area (Å²) in [4.78, 5) is 11.4. The minimum Gasteiger partial charge on any atom is -0.466 e. The molecule has 7 heteroatoms. The van der Waals surface area contributed by atoms with Crippen molar-refractivity contribution in [3.05, 3.63) is 0 Å². The van der Waals surface area contributed by atoms with E-state index in [1.807, 2.05) is 0 Å². The van der Waals surface area contributed by atoms with Gasteiger partial charge in [-0.15, -0.1) is 0 Å². The zero-order chi connectivity index (χ0) is 17.4. The summed E-state index contributed by atoms with van der Waals surface area (Å²) in [5, 5.41) is 0. The van der Waals surface area contributed by atoms with Gasteiger partial charge < -0.3 is 4.74 Å². The van der Waals surface area contributed by atoms with Gasteiger partial charge >= 0.3 is 5.97 Å². The minimum absolute atomic E-state index is 0. The molecule has 0 aromatic rings. The van der Waals surface area contributed by atoms with E-state index >= 15 is 0 Å². The van der Waals surface area contributed by atoms with Crippen LogP contribution in [0.4, 0.5) is 0 Å². The predicted molar refractivity (Wildman–Crippen MR) is 98.8 cm³/mol. The van der Waals surface area contributed by atoms with Gasteiger partial charge in [0.2, 0.25) is 0 Å². The van der Waals surface area contributed by atoms with Crippen LogP contribution < -0.4 is 0 Å². The van der Waals surface area contributed by atoms with Crippen molar-refractivity contribution >= 4 is 45.6 Å². The van der Waals surface area contributed by atoms with E-state index in [0.29, 0.717) is 6.42 Å². The number of carbonyl (C=O) groups is 1. The third-order valence-corrected chi connectivity index (χ3v) is 4.60. The molecule has 24 heavy (non-hydrogen) atoms. The van der Waals surface area contributed by atoms with Gasteiger partial charge in [-0.25, -0.2) is 0 Å². The molecule has 0 aromatic heterocycles. The van der Waals surface area contributed by atoms with E-state index in [9.17, 15) is 13.2 Å². The number of rotatable bonds is 16. The average molecular weight is 374 g/mol. The maximum atomic E-state index is 11.4. The van der Waals surface area contributed by atoms with Crippen molar-refractivity contribution in [2.24, 2.45) is 0 Å². The quantitative estimate of drug-likeness (QED) is 0.190. The third kappa shape index (κ3) is 22.4. The molecule has 1 N–H and O–H groups in total. The van der Waals surface area contributed by atoms with Crippen molar-refractivity contribution in [3.63, 3.8) is 0 Å². The van der Waals surface area contributed by atoms with Crippen molar-refractivity contribution in [1.82, 2.24) is 0 Å². The Bertz CT molecular complexity index is 384. The van der Waals surface area contributed by atoms with Crippen LogP contribution in [0.5, 0.6) is 0 Å². The van der Waals surface area contributed by atoms with Gasteiger partial charge in [0.1, 0.15) is 0 Å². The van der Waals surface area contributed by atoms with Crippen molar-refractivity contribution in [1.29, 1.82) is 0 Å². The molecule has 0 heterocycles. The van der Waals surface area contributed by atoms with Crippen LogP contribution in [0, 0.1) is 0 Å². The summed E-state index contributed by atoms with van der Waals surface area (Å²) in [5.74, 6) is -0.644. The van der Waals surface area contributed by atoms with E-state index in [2.05, 4.69) is 6.92 Å². The van der Waals surface area contributed by atoms with E-state index in [1.165, 1.54) is 51.4 Å².